The van der Waals surface area contributed by atoms with Crippen molar-refractivity contribution in [1.29, 1.82) is 5.26 Å². The number of nitriles is 1. The number of likely N-dealkylation sites (tertiary alicyclic amines) is 1. The molecule has 0 bridgehead atoms. The fourth-order valence-electron chi connectivity index (χ4n) is 3.20. The predicted molar refractivity (Wildman–Crippen MR) is 90.8 cm³/mol. The highest BCUT2D eigenvalue weighted by Gasteiger charge is 2.18. The first-order chi connectivity index (χ1) is 11.2. The Kier molecular flexibility index (Phi) is 4.63. The van der Waals surface area contributed by atoms with Crippen LogP contribution in [0.25, 0.3) is 16.6 Å². The topological polar surface area (TPSA) is 65.1 Å². The molecule has 1 aliphatic rings. The van der Waals surface area contributed by atoms with E-state index in [1.54, 1.807) is 0 Å². The number of rotatable bonds is 3. The van der Waals surface area contributed by atoms with E-state index in [-0.39, 0.29) is 11.3 Å². The molecule has 5 nitrogen and oxygen atoms in total. The second-order valence-corrected chi connectivity index (χ2v) is 6.11. The van der Waals surface area contributed by atoms with Crippen LogP contribution in [-0.4, -0.2) is 39.2 Å². The molecule has 1 fully saturated rings. The molecule has 1 N–H and O–H groups in total. The van der Waals surface area contributed by atoms with E-state index in [1.165, 1.54) is 12.8 Å². The van der Waals surface area contributed by atoms with E-state index in [1.807, 2.05) is 35.9 Å². The van der Waals surface area contributed by atoms with Crippen molar-refractivity contribution in [1.82, 2.24) is 14.5 Å². The van der Waals surface area contributed by atoms with Gasteiger partial charge in [0, 0.05) is 7.05 Å². The van der Waals surface area contributed by atoms with E-state index < -0.39 is 0 Å². The van der Waals surface area contributed by atoms with Crippen molar-refractivity contribution in [2.75, 3.05) is 19.6 Å². The Morgan fingerprint density at radius 2 is 1.91 bits per heavy atom. The molecule has 2 heterocycles. The number of aliphatic hydroxyl groups excluding tert-OH is 1. The minimum Gasteiger partial charge on any atom is -0.509 e. The largest absolute Gasteiger partial charge is 0.509 e. The van der Waals surface area contributed by atoms with Gasteiger partial charge in [0.15, 0.2) is 5.82 Å². The molecule has 1 aromatic heterocycles. The number of para-hydroxylation sites is 2. The standard InChI is InChI=1S/C18H22N4O/c1-21-16-9-5-4-8-15(16)20-18(21)14(12-19)17(23)13-22-10-6-2-3-7-11-22/h4-5,8-9,23H,2-3,6-7,10-11,13H2,1H3. The lowest BCUT2D eigenvalue weighted by Gasteiger charge is -2.19. The summed E-state index contributed by atoms with van der Waals surface area (Å²) < 4.78 is 1.87. The summed E-state index contributed by atoms with van der Waals surface area (Å²) in [5.74, 6) is 0.647. The van der Waals surface area contributed by atoms with Crippen LogP contribution >= 0.6 is 0 Å². The molecule has 2 aromatic rings. The van der Waals surface area contributed by atoms with Gasteiger partial charge in [-0.3, -0.25) is 4.90 Å². The van der Waals surface area contributed by atoms with Crippen LogP contribution in [0.5, 0.6) is 0 Å². The maximum absolute atomic E-state index is 10.5. The lowest BCUT2D eigenvalue weighted by Crippen LogP contribution is -2.27. The van der Waals surface area contributed by atoms with Gasteiger partial charge in [-0.1, -0.05) is 25.0 Å². The first kappa shape index (κ1) is 15.6. The van der Waals surface area contributed by atoms with Crippen molar-refractivity contribution in [3.05, 3.63) is 35.8 Å². The van der Waals surface area contributed by atoms with E-state index >= 15 is 0 Å². The third-order valence-electron chi connectivity index (χ3n) is 4.48. The summed E-state index contributed by atoms with van der Waals surface area (Å²) in [5, 5.41) is 20.1. The fraction of sp³-hybridized carbons (Fsp3) is 0.444. The van der Waals surface area contributed by atoms with E-state index in [2.05, 4.69) is 16.0 Å². The van der Waals surface area contributed by atoms with Gasteiger partial charge >= 0.3 is 0 Å². The lowest BCUT2D eigenvalue weighted by molar-refractivity contribution is 0.258. The SMILES string of the molecule is Cn1c(C(C#N)=C(O)CN2CCCCCC2)nc2ccccc21. The van der Waals surface area contributed by atoms with Crippen molar-refractivity contribution in [3.8, 4) is 6.07 Å². The summed E-state index contributed by atoms with van der Waals surface area (Å²) >= 11 is 0. The van der Waals surface area contributed by atoms with Crippen molar-refractivity contribution in [3.63, 3.8) is 0 Å². The van der Waals surface area contributed by atoms with Crippen molar-refractivity contribution >= 4 is 16.6 Å². The second kappa shape index (κ2) is 6.84. The van der Waals surface area contributed by atoms with Crippen LogP contribution in [0.1, 0.15) is 31.5 Å². The summed E-state index contributed by atoms with van der Waals surface area (Å²) in [5.41, 5.74) is 2.06. The van der Waals surface area contributed by atoms with Gasteiger partial charge in [0.1, 0.15) is 17.4 Å². The number of hydrogen-bond acceptors (Lipinski definition) is 4. The monoisotopic (exact) mass is 310 g/mol. The number of fused-ring (bicyclic) bond motifs is 1. The normalized spacial score (nSPS) is 17.6. The molecule has 1 aromatic carbocycles. The van der Waals surface area contributed by atoms with Gasteiger partial charge < -0.3 is 9.67 Å². The number of aryl methyl sites for hydroxylation is 1. The Morgan fingerprint density at radius 1 is 1.22 bits per heavy atom. The molecule has 120 valence electrons. The number of allylic oxidation sites excluding steroid dienone is 1. The Labute approximate surface area is 136 Å². The van der Waals surface area contributed by atoms with Crippen molar-refractivity contribution < 1.29 is 5.11 Å². The third kappa shape index (κ3) is 3.22. The van der Waals surface area contributed by atoms with E-state index in [0.29, 0.717) is 12.4 Å². The molecule has 3 rings (SSSR count). The zero-order valence-electron chi connectivity index (χ0n) is 13.5. The predicted octanol–water partition coefficient (Wildman–Crippen LogP) is 3.24. The summed E-state index contributed by atoms with van der Waals surface area (Å²) in [6.45, 7) is 2.38. The summed E-state index contributed by atoms with van der Waals surface area (Å²) in [6.07, 6.45) is 4.80. The molecule has 0 spiro atoms. The van der Waals surface area contributed by atoms with Gasteiger partial charge in [0.25, 0.3) is 0 Å². The second-order valence-electron chi connectivity index (χ2n) is 6.11. The number of benzene rings is 1. The average molecular weight is 310 g/mol. The lowest BCUT2D eigenvalue weighted by atomic mass is 10.2. The number of aliphatic hydroxyl groups is 1. The highest BCUT2D eigenvalue weighted by molar-refractivity contribution is 5.83. The van der Waals surface area contributed by atoms with E-state index in [4.69, 9.17) is 0 Å². The quantitative estimate of drug-likeness (QED) is 0.698. The Balaban J connectivity index is 1.93. The van der Waals surface area contributed by atoms with Gasteiger partial charge in [-0.25, -0.2) is 4.98 Å². The highest BCUT2D eigenvalue weighted by atomic mass is 16.3. The van der Waals surface area contributed by atoms with Crippen LogP contribution in [0.3, 0.4) is 0 Å². The van der Waals surface area contributed by atoms with Gasteiger partial charge in [-0.15, -0.1) is 0 Å². The molecule has 0 aliphatic carbocycles. The average Bonchev–Trinajstić information content (AvgIpc) is 2.74. The summed E-state index contributed by atoms with van der Waals surface area (Å²) in [7, 11) is 1.88. The molecule has 0 unspecified atom stereocenters. The number of aromatic nitrogens is 2. The third-order valence-corrected chi connectivity index (χ3v) is 4.48. The number of hydrogen-bond donors (Lipinski definition) is 1. The van der Waals surface area contributed by atoms with Gasteiger partial charge in [-0.2, -0.15) is 5.26 Å². The smallest absolute Gasteiger partial charge is 0.155 e. The minimum absolute atomic E-state index is 0.118. The molecule has 5 heteroatoms. The molecule has 0 amide bonds. The van der Waals surface area contributed by atoms with E-state index in [0.717, 1.165) is 37.0 Å². The fourth-order valence-corrected chi connectivity index (χ4v) is 3.20. The first-order valence-corrected chi connectivity index (χ1v) is 8.17. The summed E-state index contributed by atoms with van der Waals surface area (Å²) in [4.78, 5) is 6.74. The van der Waals surface area contributed by atoms with Crippen LogP contribution in [0.15, 0.2) is 30.0 Å². The minimum atomic E-state index is 0.118. The maximum atomic E-state index is 10.5. The van der Waals surface area contributed by atoms with Crippen LogP contribution in [-0.2, 0) is 7.05 Å². The molecule has 23 heavy (non-hydrogen) atoms. The molecule has 0 saturated carbocycles. The zero-order chi connectivity index (χ0) is 16.2. The molecule has 0 atom stereocenters. The van der Waals surface area contributed by atoms with Crippen LogP contribution < -0.4 is 0 Å². The molecular weight excluding hydrogens is 288 g/mol. The van der Waals surface area contributed by atoms with Gasteiger partial charge in [-0.05, 0) is 38.1 Å². The molecule has 1 aliphatic heterocycles. The van der Waals surface area contributed by atoms with Gasteiger partial charge in [0.2, 0.25) is 0 Å². The van der Waals surface area contributed by atoms with Crippen molar-refractivity contribution in [2.45, 2.75) is 25.7 Å². The Bertz CT molecular complexity index is 761. The number of nitrogens with zero attached hydrogens (tertiary/aromatic N) is 4. The summed E-state index contributed by atoms with van der Waals surface area (Å²) in [6, 6.07) is 9.89. The molecule has 0 radical (unpaired) electrons. The van der Waals surface area contributed by atoms with Crippen LogP contribution in [0, 0.1) is 11.3 Å². The van der Waals surface area contributed by atoms with Crippen LogP contribution in [0.4, 0.5) is 0 Å². The molecule has 1 saturated heterocycles. The van der Waals surface area contributed by atoms with E-state index in [9.17, 15) is 10.4 Å². The van der Waals surface area contributed by atoms with Crippen molar-refractivity contribution in [2.24, 2.45) is 7.05 Å². The maximum Gasteiger partial charge on any atom is 0.155 e. The number of imidazole rings is 1. The Hall–Kier alpha value is -2.32. The van der Waals surface area contributed by atoms with Crippen LogP contribution in [0.2, 0.25) is 0 Å². The zero-order valence-corrected chi connectivity index (χ0v) is 13.5. The molecular formula is C18H22N4O. The first-order valence-electron chi connectivity index (χ1n) is 8.17. The Morgan fingerprint density at radius 3 is 2.57 bits per heavy atom. The highest BCUT2D eigenvalue weighted by Crippen LogP contribution is 2.22. The van der Waals surface area contributed by atoms with Gasteiger partial charge in [0.05, 0.1) is 17.6 Å².